The van der Waals surface area contributed by atoms with Crippen molar-refractivity contribution in [2.75, 3.05) is 56.0 Å². The molecule has 10 heteroatoms. The van der Waals surface area contributed by atoms with Crippen LogP contribution in [0.4, 0.5) is 23.1 Å². The lowest BCUT2D eigenvalue weighted by Crippen LogP contribution is -2.46. The van der Waals surface area contributed by atoms with E-state index in [1.807, 2.05) is 22.9 Å². The van der Waals surface area contributed by atoms with Crippen molar-refractivity contribution in [2.45, 2.75) is 39.0 Å². The van der Waals surface area contributed by atoms with E-state index in [0.29, 0.717) is 23.0 Å². The van der Waals surface area contributed by atoms with E-state index >= 15 is 0 Å². The molecular formula is C31H40N8OS. The highest BCUT2D eigenvalue weighted by molar-refractivity contribution is 7.92. The summed E-state index contributed by atoms with van der Waals surface area (Å²) in [6.07, 6.45) is 11.1. The molecule has 2 saturated heterocycles. The lowest BCUT2D eigenvalue weighted by Gasteiger charge is -2.46. The lowest BCUT2D eigenvalue weighted by atomic mass is 9.71. The summed E-state index contributed by atoms with van der Waals surface area (Å²) in [5.74, 6) is 1.67. The number of hydrogen-bond acceptors (Lipinski definition) is 8. The van der Waals surface area contributed by atoms with Crippen LogP contribution >= 0.6 is 0 Å². The van der Waals surface area contributed by atoms with Gasteiger partial charge in [-0.3, -0.25) is 4.57 Å². The Kier molecular flexibility index (Phi) is 7.46. The number of pyridine rings is 1. The largest absolute Gasteiger partial charge is 0.371 e. The predicted molar refractivity (Wildman–Crippen MR) is 168 cm³/mol. The van der Waals surface area contributed by atoms with E-state index < -0.39 is 9.73 Å². The molecule has 216 valence electrons. The number of likely N-dealkylation sites (tertiary alicyclic amines) is 1. The molecule has 0 saturated carbocycles. The van der Waals surface area contributed by atoms with Crippen LogP contribution < -0.4 is 10.2 Å². The first-order chi connectivity index (χ1) is 19.7. The van der Waals surface area contributed by atoms with Gasteiger partial charge < -0.3 is 15.1 Å². The van der Waals surface area contributed by atoms with Crippen molar-refractivity contribution in [1.82, 2.24) is 24.4 Å². The number of aromatic nitrogens is 4. The van der Waals surface area contributed by atoms with Crippen molar-refractivity contribution in [3.8, 4) is 5.82 Å². The Balaban J connectivity index is 1.20. The zero-order valence-corrected chi connectivity index (χ0v) is 25.3. The Hall–Kier alpha value is -3.50. The highest BCUT2D eigenvalue weighted by atomic mass is 32.2. The van der Waals surface area contributed by atoms with Gasteiger partial charge in [-0.05, 0) is 100 Å². The van der Waals surface area contributed by atoms with Crippen molar-refractivity contribution in [1.29, 1.82) is 0 Å². The minimum absolute atomic E-state index is 0.448. The first-order valence-electron chi connectivity index (χ1n) is 14.5. The third kappa shape index (κ3) is 6.08. The summed E-state index contributed by atoms with van der Waals surface area (Å²) in [6, 6.07) is 16.3. The van der Waals surface area contributed by atoms with Crippen LogP contribution in [0.2, 0.25) is 0 Å². The number of fused-ring (bicyclic) bond motifs is 1. The molecule has 5 heterocycles. The minimum atomic E-state index is -2.32. The molecule has 1 spiro atoms. The SMILES string of the molecule is CCc1cc2cnc(Nc3ccc(N4CCC5(CCN(C)CC5)CC4)cc3)nc2n1-c1cccc(N=S(C)(C)=O)n1. The van der Waals surface area contributed by atoms with Gasteiger partial charge in [-0.2, -0.15) is 9.35 Å². The molecule has 1 aromatic carbocycles. The first kappa shape index (κ1) is 27.7. The zero-order valence-electron chi connectivity index (χ0n) is 24.5. The Morgan fingerprint density at radius 1 is 0.976 bits per heavy atom. The highest BCUT2D eigenvalue weighted by Gasteiger charge is 2.36. The van der Waals surface area contributed by atoms with E-state index in [1.54, 1.807) is 18.6 Å². The monoisotopic (exact) mass is 572 g/mol. The molecule has 0 radical (unpaired) electrons. The van der Waals surface area contributed by atoms with Gasteiger partial charge in [0.1, 0.15) is 5.82 Å². The van der Waals surface area contributed by atoms with Gasteiger partial charge in [0, 0.05) is 64.0 Å². The van der Waals surface area contributed by atoms with Crippen molar-refractivity contribution < 1.29 is 4.21 Å². The molecule has 6 rings (SSSR count). The summed E-state index contributed by atoms with van der Waals surface area (Å²) in [6.45, 7) is 6.83. The molecule has 0 aliphatic carbocycles. The zero-order chi connectivity index (χ0) is 28.6. The summed E-state index contributed by atoms with van der Waals surface area (Å²) in [5.41, 5.74) is 4.61. The Bertz CT molecular complexity index is 1650. The molecule has 4 aromatic rings. The Morgan fingerprint density at radius 2 is 1.68 bits per heavy atom. The van der Waals surface area contributed by atoms with E-state index in [0.717, 1.165) is 41.9 Å². The summed E-state index contributed by atoms with van der Waals surface area (Å²) in [7, 11) is -0.0756. The van der Waals surface area contributed by atoms with Gasteiger partial charge in [-0.1, -0.05) is 13.0 Å². The van der Waals surface area contributed by atoms with E-state index in [1.165, 1.54) is 44.5 Å². The van der Waals surface area contributed by atoms with Crippen molar-refractivity contribution in [2.24, 2.45) is 9.78 Å². The number of nitrogens with one attached hydrogen (secondary N) is 1. The molecule has 41 heavy (non-hydrogen) atoms. The number of piperidine rings is 2. The lowest BCUT2D eigenvalue weighted by molar-refractivity contribution is 0.0945. The van der Waals surface area contributed by atoms with Gasteiger partial charge in [0.2, 0.25) is 5.95 Å². The van der Waals surface area contributed by atoms with E-state index in [4.69, 9.17) is 4.98 Å². The second kappa shape index (κ2) is 11.1. The minimum Gasteiger partial charge on any atom is -0.371 e. The van der Waals surface area contributed by atoms with Crippen LogP contribution in [-0.4, -0.2) is 74.4 Å². The van der Waals surface area contributed by atoms with Crippen LogP contribution in [0, 0.1) is 5.41 Å². The van der Waals surface area contributed by atoms with E-state index in [9.17, 15) is 4.21 Å². The topological polar surface area (TPSA) is 91.5 Å². The second-order valence-corrected chi connectivity index (χ2v) is 14.4. The van der Waals surface area contributed by atoms with Crippen molar-refractivity contribution in [3.63, 3.8) is 0 Å². The summed E-state index contributed by atoms with van der Waals surface area (Å²) >= 11 is 0. The number of aryl methyl sites for hydroxylation is 1. The van der Waals surface area contributed by atoms with Crippen LogP contribution in [0.3, 0.4) is 0 Å². The standard InChI is InChI=1S/C31H40N8OS/c1-5-25-21-23-22-32-30(35-29(23)39(25)28-8-6-7-27(34-28)36-41(3,4)40)33-24-9-11-26(12-10-24)38-19-15-31(16-20-38)13-17-37(2)18-14-31/h6-12,21-22H,5,13-20H2,1-4H3,(H,32,33,35). The van der Waals surface area contributed by atoms with E-state index in [2.05, 4.69) is 73.8 Å². The fraction of sp³-hybridized carbons (Fsp3) is 0.452. The fourth-order valence-corrected chi connectivity index (χ4v) is 6.70. The van der Waals surface area contributed by atoms with Crippen LogP contribution in [0.15, 0.2) is 59.1 Å². The van der Waals surface area contributed by atoms with Crippen LogP contribution in [-0.2, 0) is 16.1 Å². The molecule has 2 aliphatic heterocycles. The number of nitrogens with zero attached hydrogens (tertiary/aromatic N) is 7. The maximum atomic E-state index is 12.2. The van der Waals surface area contributed by atoms with E-state index in [-0.39, 0.29) is 0 Å². The molecule has 1 N–H and O–H groups in total. The number of anilines is 3. The van der Waals surface area contributed by atoms with Crippen molar-refractivity contribution in [3.05, 3.63) is 60.4 Å². The average Bonchev–Trinajstić information content (AvgIpc) is 3.33. The van der Waals surface area contributed by atoms with Gasteiger partial charge in [0.25, 0.3) is 0 Å². The maximum absolute atomic E-state index is 12.2. The average molecular weight is 573 g/mol. The maximum Gasteiger partial charge on any atom is 0.229 e. The molecule has 0 unspecified atom stereocenters. The van der Waals surface area contributed by atoms with Gasteiger partial charge in [-0.25, -0.2) is 14.2 Å². The van der Waals surface area contributed by atoms with Gasteiger partial charge in [0.15, 0.2) is 11.5 Å². The number of rotatable bonds is 6. The molecule has 2 aliphatic rings. The summed E-state index contributed by atoms with van der Waals surface area (Å²) in [4.78, 5) is 19.2. The van der Waals surface area contributed by atoms with Crippen LogP contribution in [0.5, 0.6) is 0 Å². The molecule has 0 bridgehead atoms. The van der Waals surface area contributed by atoms with Crippen LogP contribution in [0.1, 0.15) is 38.3 Å². The summed E-state index contributed by atoms with van der Waals surface area (Å²) in [5, 5.41) is 4.33. The number of hydrogen-bond donors (Lipinski definition) is 1. The first-order valence-corrected chi connectivity index (χ1v) is 16.9. The van der Waals surface area contributed by atoms with Crippen molar-refractivity contribution >= 4 is 43.9 Å². The quantitative estimate of drug-likeness (QED) is 0.313. The molecule has 2 fully saturated rings. The molecular weight excluding hydrogens is 532 g/mol. The normalized spacial score (nSPS) is 17.7. The van der Waals surface area contributed by atoms with Gasteiger partial charge >= 0.3 is 0 Å². The van der Waals surface area contributed by atoms with Crippen LogP contribution in [0.25, 0.3) is 16.9 Å². The second-order valence-electron chi connectivity index (χ2n) is 11.9. The summed E-state index contributed by atoms with van der Waals surface area (Å²) < 4.78 is 18.6. The Morgan fingerprint density at radius 3 is 2.37 bits per heavy atom. The third-order valence-electron chi connectivity index (χ3n) is 8.60. The fourth-order valence-electron chi connectivity index (χ4n) is 6.15. The van der Waals surface area contributed by atoms with Gasteiger partial charge in [-0.15, -0.1) is 0 Å². The molecule has 9 nitrogen and oxygen atoms in total. The third-order valence-corrected chi connectivity index (χ3v) is 9.23. The predicted octanol–water partition coefficient (Wildman–Crippen LogP) is 5.79. The van der Waals surface area contributed by atoms with Gasteiger partial charge in [0.05, 0.1) is 0 Å². The molecule has 0 amide bonds. The molecule has 0 atom stereocenters. The smallest absolute Gasteiger partial charge is 0.229 e. The Labute approximate surface area is 243 Å². The highest BCUT2D eigenvalue weighted by Crippen LogP contribution is 2.42. The number of benzene rings is 1. The molecule has 3 aromatic heterocycles.